The summed E-state index contributed by atoms with van der Waals surface area (Å²) >= 11 is 0. The van der Waals surface area contributed by atoms with Crippen LogP contribution in [0.15, 0.2) is 23.2 Å². The van der Waals surface area contributed by atoms with Gasteiger partial charge in [0.05, 0.1) is 12.2 Å². The lowest BCUT2D eigenvalue weighted by Gasteiger charge is -2.32. The number of ether oxygens (including phenoxy) is 2. The molecule has 2 heterocycles. The van der Waals surface area contributed by atoms with Gasteiger partial charge in [0.15, 0.2) is 11.5 Å². The lowest BCUT2D eigenvalue weighted by Crippen LogP contribution is -2.46. The van der Waals surface area contributed by atoms with Gasteiger partial charge in [-0.1, -0.05) is 0 Å². The van der Waals surface area contributed by atoms with Crippen molar-refractivity contribution in [3.05, 3.63) is 23.2 Å². The Labute approximate surface area is 88.9 Å². The van der Waals surface area contributed by atoms with Gasteiger partial charge in [-0.15, -0.1) is 0 Å². The van der Waals surface area contributed by atoms with Gasteiger partial charge in [-0.05, 0) is 20.8 Å². The molecule has 0 amide bonds. The summed E-state index contributed by atoms with van der Waals surface area (Å²) in [6, 6.07) is 0. The van der Waals surface area contributed by atoms with Gasteiger partial charge in [0, 0.05) is 12.6 Å². The average Bonchev–Trinajstić information content (AvgIpc) is 2.50. The van der Waals surface area contributed by atoms with Gasteiger partial charge >= 0.3 is 0 Å². The van der Waals surface area contributed by atoms with Gasteiger partial charge in [0.1, 0.15) is 11.5 Å². The largest absolute Gasteiger partial charge is 0.466 e. The SMILES string of the molecule is CC(=O)C1=C(C)OC(C)=CC12NCCO2. The minimum Gasteiger partial charge on any atom is -0.466 e. The Balaban J connectivity index is 2.48. The highest BCUT2D eigenvalue weighted by Gasteiger charge is 2.43. The van der Waals surface area contributed by atoms with Crippen LogP contribution >= 0.6 is 0 Å². The van der Waals surface area contributed by atoms with Crippen molar-refractivity contribution >= 4 is 5.78 Å². The lowest BCUT2D eigenvalue weighted by molar-refractivity contribution is -0.116. The summed E-state index contributed by atoms with van der Waals surface area (Å²) in [6.45, 7) is 6.52. The molecule has 1 atom stereocenters. The van der Waals surface area contributed by atoms with Crippen molar-refractivity contribution in [3.63, 3.8) is 0 Å². The molecule has 1 saturated heterocycles. The second kappa shape index (κ2) is 3.47. The van der Waals surface area contributed by atoms with Crippen molar-refractivity contribution in [3.8, 4) is 0 Å². The van der Waals surface area contributed by atoms with Crippen molar-refractivity contribution < 1.29 is 14.3 Å². The minimum atomic E-state index is -0.752. The molecule has 0 radical (unpaired) electrons. The molecule has 0 aromatic carbocycles. The van der Waals surface area contributed by atoms with E-state index in [0.29, 0.717) is 17.9 Å². The molecule has 0 aromatic heterocycles. The molecule has 2 aliphatic rings. The van der Waals surface area contributed by atoms with E-state index in [1.54, 1.807) is 6.92 Å². The molecule has 1 fully saturated rings. The van der Waals surface area contributed by atoms with E-state index in [2.05, 4.69) is 5.32 Å². The number of hydrogen-bond acceptors (Lipinski definition) is 4. The van der Waals surface area contributed by atoms with Crippen molar-refractivity contribution in [2.75, 3.05) is 13.2 Å². The normalized spacial score (nSPS) is 30.5. The van der Waals surface area contributed by atoms with Crippen LogP contribution in [0.25, 0.3) is 0 Å². The van der Waals surface area contributed by atoms with E-state index in [1.165, 1.54) is 6.92 Å². The highest BCUT2D eigenvalue weighted by molar-refractivity contribution is 5.96. The van der Waals surface area contributed by atoms with Crippen molar-refractivity contribution in [2.24, 2.45) is 0 Å². The first-order chi connectivity index (χ1) is 7.05. The zero-order valence-electron chi connectivity index (χ0n) is 9.22. The molecule has 4 heteroatoms. The van der Waals surface area contributed by atoms with E-state index in [4.69, 9.17) is 9.47 Å². The summed E-state index contributed by atoms with van der Waals surface area (Å²) < 4.78 is 11.1. The van der Waals surface area contributed by atoms with Crippen LogP contribution in [0.1, 0.15) is 20.8 Å². The number of Topliss-reactive ketones (excluding diaryl/α,β-unsaturated/α-hetero) is 1. The van der Waals surface area contributed by atoms with Crippen LogP contribution in [0.4, 0.5) is 0 Å². The Bertz CT molecular complexity index is 362. The van der Waals surface area contributed by atoms with Crippen LogP contribution in [0.3, 0.4) is 0 Å². The molecule has 1 N–H and O–H groups in total. The number of nitrogens with one attached hydrogen (secondary N) is 1. The third-order valence-corrected chi connectivity index (χ3v) is 2.62. The Morgan fingerprint density at radius 3 is 2.80 bits per heavy atom. The molecular formula is C11H15NO3. The molecule has 0 aromatic rings. The number of hydrogen-bond donors (Lipinski definition) is 1. The van der Waals surface area contributed by atoms with E-state index in [-0.39, 0.29) is 5.78 Å². The second-order valence-corrected chi connectivity index (χ2v) is 3.86. The van der Waals surface area contributed by atoms with Crippen LogP contribution in [-0.2, 0) is 14.3 Å². The molecule has 1 unspecified atom stereocenters. The van der Waals surface area contributed by atoms with Gasteiger partial charge in [0.2, 0.25) is 0 Å². The predicted octanol–water partition coefficient (Wildman–Crippen LogP) is 1.10. The summed E-state index contributed by atoms with van der Waals surface area (Å²) in [4.78, 5) is 11.6. The highest BCUT2D eigenvalue weighted by Crippen LogP contribution is 2.33. The van der Waals surface area contributed by atoms with Gasteiger partial charge in [-0.2, -0.15) is 0 Å². The fraction of sp³-hybridized carbons (Fsp3) is 0.545. The Morgan fingerprint density at radius 1 is 1.53 bits per heavy atom. The smallest absolute Gasteiger partial charge is 0.174 e. The summed E-state index contributed by atoms with van der Waals surface area (Å²) in [5, 5.41) is 3.21. The number of allylic oxidation sites excluding steroid dienone is 2. The average molecular weight is 209 g/mol. The van der Waals surface area contributed by atoms with Crippen LogP contribution in [0.2, 0.25) is 0 Å². The Hall–Kier alpha value is -1.13. The van der Waals surface area contributed by atoms with E-state index in [1.807, 2.05) is 13.0 Å². The van der Waals surface area contributed by atoms with Crippen LogP contribution in [-0.4, -0.2) is 24.7 Å². The summed E-state index contributed by atoms with van der Waals surface area (Å²) in [6.07, 6.45) is 1.82. The van der Waals surface area contributed by atoms with Gasteiger partial charge in [0.25, 0.3) is 0 Å². The Morgan fingerprint density at radius 2 is 2.27 bits per heavy atom. The third kappa shape index (κ3) is 1.60. The molecule has 15 heavy (non-hydrogen) atoms. The van der Waals surface area contributed by atoms with Crippen LogP contribution in [0.5, 0.6) is 0 Å². The van der Waals surface area contributed by atoms with Gasteiger partial charge < -0.3 is 9.47 Å². The summed E-state index contributed by atoms with van der Waals surface area (Å²) in [5.74, 6) is 1.36. The molecule has 4 nitrogen and oxygen atoms in total. The maximum absolute atomic E-state index is 11.6. The number of carbonyl (C=O) groups excluding carboxylic acids is 1. The first kappa shape index (κ1) is 10.4. The monoisotopic (exact) mass is 209 g/mol. The van der Waals surface area contributed by atoms with E-state index < -0.39 is 5.72 Å². The van der Waals surface area contributed by atoms with Crippen LogP contribution in [0, 0.1) is 0 Å². The fourth-order valence-electron chi connectivity index (χ4n) is 2.20. The van der Waals surface area contributed by atoms with Gasteiger partial charge in [-0.25, -0.2) is 0 Å². The zero-order chi connectivity index (χ0) is 11.1. The zero-order valence-corrected chi connectivity index (χ0v) is 9.22. The number of ketones is 1. The van der Waals surface area contributed by atoms with E-state index in [0.717, 1.165) is 12.3 Å². The molecular weight excluding hydrogens is 194 g/mol. The molecule has 0 saturated carbocycles. The second-order valence-electron chi connectivity index (χ2n) is 3.86. The van der Waals surface area contributed by atoms with Crippen molar-refractivity contribution in [1.82, 2.24) is 5.32 Å². The maximum Gasteiger partial charge on any atom is 0.174 e. The number of carbonyl (C=O) groups is 1. The molecule has 2 rings (SSSR count). The van der Waals surface area contributed by atoms with E-state index >= 15 is 0 Å². The van der Waals surface area contributed by atoms with Crippen LogP contribution < -0.4 is 5.32 Å². The first-order valence-corrected chi connectivity index (χ1v) is 5.04. The summed E-state index contributed by atoms with van der Waals surface area (Å²) in [7, 11) is 0. The standard InChI is InChI=1S/C11H15NO3/c1-7-6-11(12-4-5-14-11)10(8(2)13)9(3)15-7/h6,12H,4-5H2,1-3H3. The molecule has 0 aliphatic carbocycles. The molecule has 1 spiro atoms. The lowest BCUT2D eigenvalue weighted by atomic mass is 9.95. The fourth-order valence-corrected chi connectivity index (χ4v) is 2.20. The van der Waals surface area contributed by atoms with Crippen molar-refractivity contribution in [2.45, 2.75) is 26.5 Å². The first-order valence-electron chi connectivity index (χ1n) is 5.04. The molecule has 0 bridgehead atoms. The third-order valence-electron chi connectivity index (χ3n) is 2.62. The Kier molecular flexibility index (Phi) is 2.40. The van der Waals surface area contributed by atoms with Crippen molar-refractivity contribution in [1.29, 1.82) is 0 Å². The number of rotatable bonds is 1. The van der Waals surface area contributed by atoms with E-state index in [9.17, 15) is 4.79 Å². The highest BCUT2D eigenvalue weighted by atomic mass is 16.5. The quantitative estimate of drug-likeness (QED) is 0.702. The predicted molar refractivity (Wildman–Crippen MR) is 54.9 cm³/mol. The van der Waals surface area contributed by atoms with Gasteiger partial charge in [-0.3, -0.25) is 10.1 Å². The summed E-state index contributed by atoms with van der Waals surface area (Å²) in [5.41, 5.74) is -0.177. The molecule has 82 valence electrons. The minimum absolute atomic E-state index is 0.0225. The maximum atomic E-state index is 11.6. The topological polar surface area (TPSA) is 47.6 Å². The molecule has 2 aliphatic heterocycles.